The monoisotopic (exact) mass is 403 g/mol. The van der Waals surface area contributed by atoms with Crippen molar-refractivity contribution in [2.45, 2.75) is 53.1 Å². The third kappa shape index (κ3) is 6.48. The van der Waals surface area contributed by atoms with Gasteiger partial charge in [-0.1, -0.05) is 12.1 Å². The zero-order valence-corrected chi connectivity index (χ0v) is 18.4. The van der Waals surface area contributed by atoms with Gasteiger partial charge in [0, 0.05) is 25.8 Å². The Morgan fingerprint density at radius 1 is 1.24 bits per heavy atom. The first kappa shape index (κ1) is 22.7. The van der Waals surface area contributed by atoms with E-state index in [0.29, 0.717) is 19.5 Å². The van der Waals surface area contributed by atoms with Gasteiger partial charge < -0.3 is 19.9 Å². The van der Waals surface area contributed by atoms with Gasteiger partial charge in [0.05, 0.1) is 12.5 Å². The first-order valence-electron chi connectivity index (χ1n) is 10.1. The maximum absolute atomic E-state index is 12.8. The minimum atomic E-state index is -0.573. The molecule has 0 saturated carbocycles. The quantitative estimate of drug-likeness (QED) is 0.836. The molecule has 1 unspecified atom stereocenters. The van der Waals surface area contributed by atoms with Gasteiger partial charge in [-0.2, -0.15) is 0 Å². The number of ether oxygens (including phenoxy) is 1. The molecule has 1 aliphatic rings. The first-order valence-corrected chi connectivity index (χ1v) is 10.1. The molecule has 1 saturated heterocycles. The summed E-state index contributed by atoms with van der Waals surface area (Å²) in [6, 6.07) is 5.72. The maximum atomic E-state index is 12.8. The van der Waals surface area contributed by atoms with Crippen molar-refractivity contribution in [3.63, 3.8) is 0 Å². The number of anilines is 1. The molecule has 2 rings (SSSR count). The summed E-state index contributed by atoms with van der Waals surface area (Å²) in [6.45, 7) is 10.3. The van der Waals surface area contributed by atoms with Gasteiger partial charge in [0.1, 0.15) is 5.60 Å². The smallest absolute Gasteiger partial charge is 0.410 e. The fourth-order valence-corrected chi connectivity index (χ4v) is 3.35. The van der Waals surface area contributed by atoms with Crippen LogP contribution in [0.4, 0.5) is 10.5 Å². The second-order valence-corrected chi connectivity index (χ2v) is 8.76. The summed E-state index contributed by atoms with van der Waals surface area (Å²) in [4.78, 5) is 40.6. The molecule has 0 bridgehead atoms. The highest BCUT2D eigenvalue weighted by atomic mass is 16.6. The van der Waals surface area contributed by atoms with Crippen LogP contribution in [0.25, 0.3) is 0 Å². The lowest BCUT2D eigenvalue weighted by atomic mass is 9.97. The number of rotatable bonds is 4. The van der Waals surface area contributed by atoms with E-state index in [-0.39, 0.29) is 24.3 Å². The molecule has 0 radical (unpaired) electrons. The number of nitrogens with zero attached hydrogens (tertiary/aromatic N) is 2. The van der Waals surface area contributed by atoms with Crippen molar-refractivity contribution in [3.8, 4) is 0 Å². The van der Waals surface area contributed by atoms with E-state index in [9.17, 15) is 14.4 Å². The number of benzene rings is 1. The minimum Gasteiger partial charge on any atom is -0.444 e. The molecule has 7 nitrogen and oxygen atoms in total. The average molecular weight is 404 g/mol. The van der Waals surface area contributed by atoms with E-state index in [1.807, 2.05) is 52.8 Å². The van der Waals surface area contributed by atoms with Gasteiger partial charge in [-0.25, -0.2) is 4.79 Å². The third-order valence-corrected chi connectivity index (χ3v) is 5.06. The number of piperidine rings is 1. The van der Waals surface area contributed by atoms with E-state index in [1.54, 1.807) is 11.9 Å². The molecule has 160 valence electrons. The minimum absolute atomic E-state index is 0.0326. The number of hydrogen-bond donors (Lipinski definition) is 1. The van der Waals surface area contributed by atoms with Crippen molar-refractivity contribution in [2.24, 2.45) is 5.92 Å². The van der Waals surface area contributed by atoms with Crippen LogP contribution < -0.4 is 5.32 Å². The molecule has 0 aliphatic carbocycles. The largest absolute Gasteiger partial charge is 0.444 e. The normalized spacial score (nSPS) is 16.9. The number of amides is 3. The number of likely N-dealkylation sites (tertiary alicyclic amines) is 1. The number of hydrogen-bond acceptors (Lipinski definition) is 4. The van der Waals surface area contributed by atoms with Crippen LogP contribution in [0.2, 0.25) is 0 Å². The van der Waals surface area contributed by atoms with Gasteiger partial charge in [0.15, 0.2) is 0 Å². The molecule has 1 atom stereocenters. The summed E-state index contributed by atoms with van der Waals surface area (Å²) in [7, 11) is 1.62. The highest BCUT2D eigenvalue weighted by molar-refractivity contribution is 5.95. The van der Waals surface area contributed by atoms with Crippen LogP contribution in [0.3, 0.4) is 0 Å². The van der Waals surface area contributed by atoms with Gasteiger partial charge in [-0.15, -0.1) is 0 Å². The van der Waals surface area contributed by atoms with E-state index in [4.69, 9.17) is 4.74 Å². The second-order valence-electron chi connectivity index (χ2n) is 8.76. The Kier molecular flexibility index (Phi) is 7.27. The summed E-state index contributed by atoms with van der Waals surface area (Å²) in [5.41, 5.74) is 2.29. The Labute approximate surface area is 173 Å². The Bertz CT molecular complexity index is 770. The van der Waals surface area contributed by atoms with Crippen LogP contribution in [0.15, 0.2) is 18.2 Å². The molecule has 1 N–H and O–H groups in total. The molecular weight excluding hydrogens is 370 g/mol. The third-order valence-electron chi connectivity index (χ3n) is 5.06. The number of carbonyl (C=O) groups excluding carboxylic acids is 3. The molecule has 7 heteroatoms. The van der Waals surface area contributed by atoms with Crippen LogP contribution in [0, 0.1) is 19.8 Å². The predicted octanol–water partition coefficient (Wildman–Crippen LogP) is 3.35. The molecule has 3 amide bonds. The van der Waals surface area contributed by atoms with E-state index in [1.165, 1.54) is 4.90 Å². The van der Waals surface area contributed by atoms with Gasteiger partial charge in [0.25, 0.3) is 0 Å². The molecule has 0 spiro atoms. The Morgan fingerprint density at radius 3 is 2.59 bits per heavy atom. The molecule has 1 heterocycles. The summed E-state index contributed by atoms with van der Waals surface area (Å²) in [5.74, 6) is -0.696. The van der Waals surface area contributed by atoms with Crippen molar-refractivity contribution < 1.29 is 19.1 Å². The molecular formula is C22H33N3O4. The molecule has 0 aromatic heterocycles. The fourth-order valence-electron chi connectivity index (χ4n) is 3.35. The van der Waals surface area contributed by atoms with E-state index in [2.05, 4.69) is 5.32 Å². The highest BCUT2D eigenvalue weighted by Crippen LogP contribution is 2.21. The first-order chi connectivity index (χ1) is 13.5. The molecule has 1 aromatic rings. The Morgan fingerprint density at radius 2 is 1.93 bits per heavy atom. The topological polar surface area (TPSA) is 79.0 Å². The van der Waals surface area contributed by atoms with Crippen molar-refractivity contribution in [1.82, 2.24) is 9.80 Å². The van der Waals surface area contributed by atoms with Gasteiger partial charge in [-0.05, 0) is 64.7 Å². The van der Waals surface area contributed by atoms with Crippen molar-refractivity contribution in [1.29, 1.82) is 0 Å². The number of nitrogens with one attached hydrogen (secondary N) is 1. The summed E-state index contributed by atoms with van der Waals surface area (Å²) < 4.78 is 5.42. The van der Waals surface area contributed by atoms with Crippen LogP contribution in [-0.2, 0) is 14.3 Å². The Hall–Kier alpha value is -2.57. The van der Waals surface area contributed by atoms with Crippen molar-refractivity contribution >= 4 is 23.6 Å². The summed E-state index contributed by atoms with van der Waals surface area (Å²) in [5, 5.41) is 2.88. The average Bonchev–Trinajstić information content (AvgIpc) is 2.63. The van der Waals surface area contributed by atoms with Gasteiger partial charge in [0.2, 0.25) is 11.8 Å². The fraction of sp³-hybridized carbons (Fsp3) is 0.591. The van der Waals surface area contributed by atoms with Crippen LogP contribution >= 0.6 is 0 Å². The zero-order valence-electron chi connectivity index (χ0n) is 18.4. The SMILES string of the molecule is Cc1cccc(NC(=O)CN(C)C(=O)C2CCCN(C(=O)OC(C)(C)C)C2)c1C. The lowest BCUT2D eigenvalue weighted by Crippen LogP contribution is -2.48. The second kappa shape index (κ2) is 9.29. The van der Waals surface area contributed by atoms with E-state index >= 15 is 0 Å². The molecule has 29 heavy (non-hydrogen) atoms. The Balaban J connectivity index is 1.92. The van der Waals surface area contributed by atoms with Gasteiger partial charge >= 0.3 is 6.09 Å². The number of likely N-dealkylation sites (N-methyl/N-ethyl adjacent to an activating group) is 1. The molecule has 1 fully saturated rings. The van der Waals surface area contributed by atoms with E-state index in [0.717, 1.165) is 23.2 Å². The standard InChI is InChI=1S/C22H33N3O4/c1-15-9-7-11-18(16(15)2)23-19(26)14-24(6)20(27)17-10-8-12-25(13-17)21(28)29-22(3,4)5/h7,9,11,17H,8,10,12-14H2,1-6H3,(H,23,26). The van der Waals surface area contributed by atoms with Crippen molar-refractivity contribution in [2.75, 3.05) is 32.0 Å². The maximum Gasteiger partial charge on any atom is 0.410 e. The highest BCUT2D eigenvalue weighted by Gasteiger charge is 2.32. The summed E-state index contributed by atoms with van der Waals surface area (Å²) in [6.07, 6.45) is 1.03. The van der Waals surface area contributed by atoms with E-state index < -0.39 is 11.7 Å². The van der Waals surface area contributed by atoms with Gasteiger partial charge in [-0.3, -0.25) is 9.59 Å². The lowest BCUT2D eigenvalue weighted by Gasteiger charge is -2.34. The van der Waals surface area contributed by atoms with Crippen LogP contribution in [0.1, 0.15) is 44.7 Å². The van der Waals surface area contributed by atoms with Crippen LogP contribution in [0.5, 0.6) is 0 Å². The number of carbonyl (C=O) groups is 3. The predicted molar refractivity (Wildman–Crippen MR) is 113 cm³/mol. The zero-order chi connectivity index (χ0) is 21.8. The number of aryl methyl sites for hydroxylation is 1. The molecule has 1 aromatic carbocycles. The van der Waals surface area contributed by atoms with Crippen LogP contribution in [-0.4, -0.2) is 60.0 Å². The summed E-state index contributed by atoms with van der Waals surface area (Å²) >= 11 is 0. The lowest BCUT2D eigenvalue weighted by molar-refractivity contribution is -0.138. The molecule has 1 aliphatic heterocycles. The van der Waals surface area contributed by atoms with Crippen molar-refractivity contribution in [3.05, 3.63) is 29.3 Å².